The predicted molar refractivity (Wildman–Crippen MR) is 55.0 cm³/mol. The van der Waals surface area contributed by atoms with E-state index in [9.17, 15) is 14.5 Å². The number of hydrogen-bond donors (Lipinski definition) is 0. The Morgan fingerprint density at radius 2 is 2.19 bits per heavy atom. The Hall–Kier alpha value is -1.69. The first kappa shape index (κ1) is 12.4. The van der Waals surface area contributed by atoms with Gasteiger partial charge in [-0.15, -0.1) is 0 Å². The molecule has 0 N–H and O–H groups in total. The fourth-order valence-corrected chi connectivity index (χ4v) is 1.14. The van der Waals surface area contributed by atoms with Crippen LogP contribution in [0.1, 0.15) is 6.42 Å². The summed E-state index contributed by atoms with van der Waals surface area (Å²) in [6.45, 7) is 0.801. The van der Waals surface area contributed by atoms with E-state index in [-0.39, 0.29) is 11.4 Å². The van der Waals surface area contributed by atoms with Crippen LogP contribution >= 0.6 is 0 Å². The molecule has 0 heterocycles. The molecule has 0 saturated carbocycles. The van der Waals surface area contributed by atoms with E-state index in [1.807, 2.05) is 0 Å². The molecular weight excluding hydrogens is 217 g/mol. The molecule has 0 spiro atoms. The van der Waals surface area contributed by atoms with Crippen LogP contribution in [0.5, 0.6) is 5.75 Å². The molecule has 0 radical (unpaired) electrons. The lowest BCUT2D eigenvalue weighted by atomic mass is 10.3. The van der Waals surface area contributed by atoms with Gasteiger partial charge in [-0.1, -0.05) is 0 Å². The van der Waals surface area contributed by atoms with E-state index in [0.717, 1.165) is 12.1 Å². The quantitative estimate of drug-likeness (QED) is 0.426. The molecule has 1 aromatic rings. The van der Waals surface area contributed by atoms with Crippen LogP contribution in [0.2, 0.25) is 0 Å². The van der Waals surface area contributed by atoms with Crippen LogP contribution < -0.4 is 4.74 Å². The van der Waals surface area contributed by atoms with Gasteiger partial charge in [0.1, 0.15) is 5.82 Å². The number of rotatable bonds is 6. The molecule has 0 amide bonds. The molecule has 0 aromatic heterocycles. The minimum atomic E-state index is -0.672. The molecule has 0 aliphatic carbocycles. The first-order valence-electron chi connectivity index (χ1n) is 4.71. The number of nitrogens with zero attached hydrogens (tertiary/aromatic N) is 1. The monoisotopic (exact) mass is 229 g/mol. The summed E-state index contributed by atoms with van der Waals surface area (Å²) in [6.07, 6.45) is 0.616. The highest BCUT2D eigenvalue weighted by atomic mass is 19.1. The van der Waals surface area contributed by atoms with Gasteiger partial charge in [-0.2, -0.15) is 0 Å². The predicted octanol–water partition coefficient (Wildman–Crippen LogP) is 2.15. The van der Waals surface area contributed by atoms with Crippen molar-refractivity contribution in [3.63, 3.8) is 0 Å². The molecule has 0 unspecified atom stereocenters. The van der Waals surface area contributed by atoms with Crippen molar-refractivity contribution in [2.45, 2.75) is 6.42 Å². The molecule has 1 aromatic carbocycles. The van der Waals surface area contributed by atoms with Gasteiger partial charge in [0.25, 0.3) is 0 Å². The van der Waals surface area contributed by atoms with Crippen molar-refractivity contribution in [3.8, 4) is 5.75 Å². The highest BCUT2D eigenvalue weighted by Crippen LogP contribution is 2.27. The molecule has 88 valence electrons. The summed E-state index contributed by atoms with van der Waals surface area (Å²) in [5.74, 6) is -0.585. The molecular formula is C10H12FNO4. The van der Waals surface area contributed by atoms with Crippen LogP contribution in [0.25, 0.3) is 0 Å². The molecule has 6 heteroatoms. The van der Waals surface area contributed by atoms with Gasteiger partial charge >= 0.3 is 5.69 Å². The second kappa shape index (κ2) is 6.02. The van der Waals surface area contributed by atoms with E-state index in [4.69, 9.17) is 9.47 Å². The maximum Gasteiger partial charge on any atom is 0.313 e. The first-order valence-corrected chi connectivity index (χ1v) is 4.71. The summed E-state index contributed by atoms with van der Waals surface area (Å²) in [7, 11) is 1.56. The average Bonchev–Trinajstić information content (AvgIpc) is 2.26. The van der Waals surface area contributed by atoms with Gasteiger partial charge in [0, 0.05) is 20.1 Å². The lowest BCUT2D eigenvalue weighted by Crippen LogP contribution is -2.03. The summed E-state index contributed by atoms with van der Waals surface area (Å²) >= 11 is 0. The standard InChI is InChI=1S/C10H12FNO4/c1-15-5-2-6-16-10-4-3-8(11)7-9(10)12(13)14/h3-4,7H,2,5-6H2,1H3. The van der Waals surface area contributed by atoms with E-state index in [1.165, 1.54) is 6.07 Å². The SMILES string of the molecule is COCCCOc1ccc(F)cc1[N+](=O)[O-]. The van der Waals surface area contributed by atoms with E-state index in [2.05, 4.69) is 0 Å². The van der Waals surface area contributed by atoms with E-state index in [0.29, 0.717) is 19.6 Å². The highest BCUT2D eigenvalue weighted by Gasteiger charge is 2.15. The molecule has 0 bridgehead atoms. The summed E-state index contributed by atoms with van der Waals surface area (Å²) in [4.78, 5) is 9.93. The van der Waals surface area contributed by atoms with Crippen molar-refractivity contribution >= 4 is 5.69 Å². The van der Waals surface area contributed by atoms with Crippen LogP contribution in [0.15, 0.2) is 18.2 Å². The van der Waals surface area contributed by atoms with Crippen LogP contribution in [-0.4, -0.2) is 25.2 Å². The number of benzene rings is 1. The summed E-state index contributed by atoms with van der Waals surface area (Å²) in [6, 6.07) is 3.21. The number of hydrogen-bond acceptors (Lipinski definition) is 4. The summed E-state index contributed by atoms with van der Waals surface area (Å²) in [5, 5.41) is 10.6. The fraction of sp³-hybridized carbons (Fsp3) is 0.400. The van der Waals surface area contributed by atoms with Crippen LogP contribution in [0.4, 0.5) is 10.1 Å². The Bertz CT molecular complexity index is 370. The molecule has 0 fully saturated rings. The van der Waals surface area contributed by atoms with Gasteiger partial charge in [0.15, 0.2) is 5.75 Å². The van der Waals surface area contributed by atoms with Crippen molar-refractivity contribution in [2.24, 2.45) is 0 Å². The number of ether oxygens (including phenoxy) is 2. The van der Waals surface area contributed by atoms with Gasteiger partial charge in [-0.05, 0) is 12.1 Å². The van der Waals surface area contributed by atoms with Gasteiger partial charge in [0.2, 0.25) is 0 Å². The van der Waals surface area contributed by atoms with Crippen LogP contribution in [0, 0.1) is 15.9 Å². The van der Waals surface area contributed by atoms with Crippen LogP contribution in [-0.2, 0) is 4.74 Å². The Labute approximate surface area is 91.9 Å². The molecule has 0 saturated heterocycles. The number of halogens is 1. The number of nitro benzene ring substituents is 1. The van der Waals surface area contributed by atoms with E-state index in [1.54, 1.807) is 7.11 Å². The Kier molecular flexibility index (Phi) is 4.65. The third kappa shape index (κ3) is 3.47. The average molecular weight is 229 g/mol. The first-order chi connectivity index (χ1) is 7.65. The third-order valence-electron chi connectivity index (χ3n) is 1.87. The Morgan fingerprint density at radius 3 is 2.81 bits per heavy atom. The van der Waals surface area contributed by atoms with E-state index >= 15 is 0 Å². The van der Waals surface area contributed by atoms with Crippen molar-refractivity contribution in [1.29, 1.82) is 0 Å². The maximum atomic E-state index is 12.8. The van der Waals surface area contributed by atoms with Crippen molar-refractivity contribution in [3.05, 3.63) is 34.1 Å². The maximum absolute atomic E-state index is 12.8. The summed E-state index contributed by atoms with van der Waals surface area (Å²) < 4.78 is 22.7. The zero-order chi connectivity index (χ0) is 12.0. The van der Waals surface area contributed by atoms with Crippen molar-refractivity contribution in [2.75, 3.05) is 20.3 Å². The van der Waals surface area contributed by atoms with Gasteiger partial charge in [-0.25, -0.2) is 4.39 Å². The Balaban J connectivity index is 2.67. The van der Waals surface area contributed by atoms with Crippen LogP contribution in [0.3, 0.4) is 0 Å². The lowest BCUT2D eigenvalue weighted by Gasteiger charge is -2.06. The lowest BCUT2D eigenvalue weighted by molar-refractivity contribution is -0.386. The molecule has 0 aliphatic heterocycles. The molecule has 5 nitrogen and oxygen atoms in total. The number of nitro groups is 1. The highest BCUT2D eigenvalue weighted by molar-refractivity contribution is 5.46. The minimum absolute atomic E-state index is 0.0718. The van der Waals surface area contributed by atoms with Crippen molar-refractivity contribution < 1.29 is 18.8 Å². The van der Waals surface area contributed by atoms with Crippen molar-refractivity contribution in [1.82, 2.24) is 0 Å². The Morgan fingerprint density at radius 1 is 1.44 bits per heavy atom. The zero-order valence-electron chi connectivity index (χ0n) is 8.81. The minimum Gasteiger partial charge on any atom is -0.487 e. The smallest absolute Gasteiger partial charge is 0.313 e. The molecule has 1 rings (SSSR count). The summed E-state index contributed by atoms with van der Waals surface area (Å²) in [5.41, 5.74) is -0.364. The second-order valence-corrected chi connectivity index (χ2v) is 3.06. The van der Waals surface area contributed by atoms with E-state index < -0.39 is 10.7 Å². The van der Waals surface area contributed by atoms with Gasteiger partial charge in [-0.3, -0.25) is 10.1 Å². The second-order valence-electron chi connectivity index (χ2n) is 3.06. The largest absolute Gasteiger partial charge is 0.487 e. The molecule has 0 atom stereocenters. The molecule has 16 heavy (non-hydrogen) atoms. The normalized spacial score (nSPS) is 10.1. The van der Waals surface area contributed by atoms with Gasteiger partial charge < -0.3 is 9.47 Å². The fourth-order valence-electron chi connectivity index (χ4n) is 1.14. The van der Waals surface area contributed by atoms with Gasteiger partial charge in [0.05, 0.1) is 17.6 Å². The molecule has 0 aliphatic rings. The zero-order valence-corrected chi connectivity index (χ0v) is 8.81. The number of methoxy groups -OCH3 is 1. The topological polar surface area (TPSA) is 61.6 Å². The third-order valence-corrected chi connectivity index (χ3v) is 1.87.